The van der Waals surface area contributed by atoms with Gasteiger partial charge in [0.1, 0.15) is 36.7 Å². The number of carbonyl (C=O) groups is 3. The van der Waals surface area contributed by atoms with Crippen LogP contribution >= 0.6 is 7.75 Å². The van der Waals surface area contributed by atoms with Crippen molar-refractivity contribution in [3.8, 4) is 6.07 Å². The number of nitriles is 1. The first kappa shape index (κ1) is 36.9. The average Bonchev–Trinajstić information content (AvgIpc) is 3.56. The van der Waals surface area contributed by atoms with Crippen molar-refractivity contribution in [2.45, 2.75) is 91.3 Å². The number of nitrogens with one attached hydrogen (secondary N) is 1. The summed E-state index contributed by atoms with van der Waals surface area (Å²) in [5, 5.41) is 16.9. The van der Waals surface area contributed by atoms with Gasteiger partial charge in [0.05, 0.1) is 24.1 Å². The molecule has 1 saturated heterocycles. The summed E-state index contributed by atoms with van der Waals surface area (Å²) < 4.78 is 42.8. The summed E-state index contributed by atoms with van der Waals surface area (Å²) in [5.41, 5.74) is 4.35. The van der Waals surface area contributed by atoms with Crippen molar-refractivity contribution < 1.29 is 47.3 Å². The normalized spacial score (nSPS) is 23.3. The van der Waals surface area contributed by atoms with Gasteiger partial charge in [-0.3, -0.25) is 18.9 Å². The van der Waals surface area contributed by atoms with Crippen LogP contribution in [0.4, 0.5) is 5.82 Å². The Morgan fingerprint density at radius 2 is 1.76 bits per heavy atom. The van der Waals surface area contributed by atoms with Gasteiger partial charge in [-0.2, -0.15) is 10.4 Å². The Balaban J connectivity index is 1.98. The van der Waals surface area contributed by atoms with Crippen molar-refractivity contribution >= 4 is 37.0 Å². The lowest BCUT2D eigenvalue weighted by Gasteiger charge is -2.30. The summed E-state index contributed by atoms with van der Waals surface area (Å²) in [7, 11) is -4.81. The molecule has 0 amide bonds. The zero-order valence-electron chi connectivity index (χ0n) is 27.0. The minimum absolute atomic E-state index is 0.132. The third-order valence-electron chi connectivity index (χ3n) is 7.60. The van der Waals surface area contributed by atoms with E-state index in [1.807, 2.05) is 19.9 Å². The number of carbonyl (C=O) groups excluding carboxylic acids is 3. The SMILES string of the molecule is CCC(CC)COC(=O)[C@H](C)NP(=O)(O)OC[C@@]1(C#N)O[C@@H](c2ccc3c(N)ncnn23)[C@H](OC(=O)C(C)C)[C@@H]1OC(=O)C(C)C. The highest BCUT2D eigenvalue weighted by Gasteiger charge is 2.62. The molecule has 0 bridgehead atoms. The number of nitrogens with zero attached hydrogens (tertiary/aromatic N) is 4. The Morgan fingerprint density at radius 1 is 1.13 bits per heavy atom. The van der Waals surface area contributed by atoms with Crippen LogP contribution < -0.4 is 10.8 Å². The maximum Gasteiger partial charge on any atom is 0.403 e. The molecule has 2 aromatic rings. The lowest BCUT2D eigenvalue weighted by atomic mass is 9.95. The van der Waals surface area contributed by atoms with E-state index in [1.54, 1.807) is 39.8 Å². The number of anilines is 1. The van der Waals surface area contributed by atoms with Crippen LogP contribution in [0.3, 0.4) is 0 Å². The number of nitrogens with two attached hydrogens (primary N) is 1. The molecule has 17 heteroatoms. The average molecular weight is 667 g/mol. The molecular weight excluding hydrogens is 623 g/mol. The predicted molar refractivity (Wildman–Crippen MR) is 162 cm³/mol. The van der Waals surface area contributed by atoms with E-state index in [2.05, 4.69) is 15.2 Å². The summed E-state index contributed by atoms with van der Waals surface area (Å²) in [6, 6.07) is 3.80. The first-order valence-corrected chi connectivity index (χ1v) is 16.7. The van der Waals surface area contributed by atoms with Gasteiger partial charge >= 0.3 is 25.7 Å². The van der Waals surface area contributed by atoms with Crippen LogP contribution in [-0.2, 0) is 42.4 Å². The molecule has 6 atom stereocenters. The van der Waals surface area contributed by atoms with Crippen molar-refractivity contribution in [3.05, 3.63) is 24.2 Å². The third-order valence-corrected chi connectivity index (χ3v) is 8.80. The first-order valence-electron chi connectivity index (χ1n) is 15.1. The summed E-state index contributed by atoms with van der Waals surface area (Å²) >= 11 is 0. The summed E-state index contributed by atoms with van der Waals surface area (Å²) in [4.78, 5) is 52.9. The summed E-state index contributed by atoms with van der Waals surface area (Å²) in [5.74, 6) is -3.24. The van der Waals surface area contributed by atoms with Crippen molar-refractivity contribution in [2.24, 2.45) is 17.8 Å². The molecule has 46 heavy (non-hydrogen) atoms. The number of esters is 3. The van der Waals surface area contributed by atoms with Crippen LogP contribution in [0.15, 0.2) is 18.5 Å². The molecule has 0 aromatic carbocycles. The van der Waals surface area contributed by atoms with Gasteiger partial charge in [-0.25, -0.2) is 19.2 Å². The fraction of sp³-hybridized carbons (Fsp3) is 0.655. The van der Waals surface area contributed by atoms with Crippen LogP contribution in [0.2, 0.25) is 0 Å². The van der Waals surface area contributed by atoms with E-state index < -0.39 is 74.1 Å². The number of hydrogen-bond acceptors (Lipinski definition) is 13. The molecule has 3 rings (SSSR count). The van der Waals surface area contributed by atoms with E-state index in [9.17, 15) is 29.1 Å². The molecule has 0 spiro atoms. The molecule has 4 N–H and O–H groups in total. The second kappa shape index (κ2) is 15.3. The highest BCUT2D eigenvalue weighted by atomic mass is 31.2. The first-order chi connectivity index (χ1) is 21.6. The smallest absolute Gasteiger partial charge is 0.403 e. The van der Waals surface area contributed by atoms with Gasteiger partial charge in [-0.15, -0.1) is 0 Å². The van der Waals surface area contributed by atoms with Gasteiger partial charge in [0.15, 0.2) is 18.0 Å². The molecule has 1 unspecified atom stereocenters. The second-order valence-corrected chi connectivity index (χ2v) is 13.3. The van der Waals surface area contributed by atoms with Gasteiger partial charge in [0, 0.05) is 0 Å². The maximum absolute atomic E-state index is 13.1. The van der Waals surface area contributed by atoms with Crippen molar-refractivity contribution in [1.29, 1.82) is 5.26 Å². The van der Waals surface area contributed by atoms with Crippen molar-refractivity contribution in [3.63, 3.8) is 0 Å². The monoisotopic (exact) mass is 666 g/mol. The quantitative estimate of drug-likeness (QED) is 0.141. The van der Waals surface area contributed by atoms with E-state index in [1.165, 1.54) is 17.8 Å². The highest BCUT2D eigenvalue weighted by Crippen LogP contribution is 2.47. The molecule has 254 valence electrons. The minimum Gasteiger partial charge on any atom is -0.464 e. The van der Waals surface area contributed by atoms with Gasteiger partial charge in [0.2, 0.25) is 5.60 Å². The molecule has 3 heterocycles. The van der Waals surface area contributed by atoms with Gasteiger partial charge in [-0.05, 0) is 25.0 Å². The van der Waals surface area contributed by atoms with Gasteiger partial charge in [0.25, 0.3) is 0 Å². The Kier molecular flexibility index (Phi) is 12.3. The zero-order chi connectivity index (χ0) is 34.4. The number of aromatic nitrogens is 3. The largest absolute Gasteiger partial charge is 0.464 e. The summed E-state index contributed by atoms with van der Waals surface area (Å²) in [6.45, 7) is 10.8. The molecule has 0 saturated carbocycles. The zero-order valence-corrected chi connectivity index (χ0v) is 27.9. The summed E-state index contributed by atoms with van der Waals surface area (Å²) in [6.07, 6.45) is -1.58. The number of fused-ring (bicyclic) bond motifs is 1. The Labute approximate surface area is 267 Å². The Morgan fingerprint density at radius 3 is 2.35 bits per heavy atom. The second-order valence-electron chi connectivity index (χ2n) is 11.8. The van der Waals surface area contributed by atoms with Gasteiger partial charge < -0.3 is 29.6 Å². The van der Waals surface area contributed by atoms with E-state index in [0.29, 0.717) is 5.52 Å². The van der Waals surface area contributed by atoms with Crippen LogP contribution in [-0.4, -0.2) is 74.5 Å². The van der Waals surface area contributed by atoms with E-state index in [-0.39, 0.29) is 24.0 Å². The number of hydrogen-bond donors (Lipinski definition) is 3. The fourth-order valence-electron chi connectivity index (χ4n) is 4.63. The van der Waals surface area contributed by atoms with Crippen LogP contribution in [0, 0.1) is 29.1 Å². The Bertz CT molecular complexity index is 1490. The standard InChI is InChI=1S/C29H43N6O10P/c1-8-19(9-2)12-41-28(38)18(7)34-46(39,40)42-14-29(13-30)24(44-27(37)17(5)6)23(43-26(36)16(3)4)22(45-29)20-10-11-21-25(31)32-15-33-35(20)21/h10-11,15-19,22-24H,8-9,12,14H2,1-7H3,(H2,31,32,33)(H2,34,39,40)/t18-,22-,23-,24-,29+/m0/s1. The van der Waals surface area contributed by atoms with E-state index in [4.69, 9.17) is 29.2 Å². The van der Waals surface area contributed by atoms with Gasteiger partial charge in [-0.1, -0.05) is 54.4 Å². The van der Waals surface area contributed by atoms with Crippen molar-refractivity contribution in [1.82, 2.24) is 19.7 Å². The number of nitrogen functional groups attached to an aromatic ring is 1. The molecular formula is C29H43N6O10P. The van der Waals surface area contributed by atoms with E-state index >= 15 is 0 Å². The molecule has 1 fully saturated rings. The molecule has 0 aliphatic carbocycles. The van der Waals surface area contributed by atoms with Crippen LogP contribution in [0.25, 0.3) is 5.52 Å². The van der Waals surface area contributed by atoms with Crippen molar-refractivity contribution in [2.75, 3.05) is 18.9 Å². The lowest BCUT2D eigenvalue weighted by Crippen LogP contribution is -2.50. The Hall–Kier alpha value is -3.61. The molecule has 16 nitrogen and oxygen atoms in total. The number of ether oxygens (including phenoxy) is 4. The molecule has 2 aromatic heterocycles. The van der Waals surface area contributed by atoms with Crippen LogP contribution in [0.1, 0.15) is 73.1 Å². The lowest BCUT2D eigenvalue weighted by molar-refractivity contribution is -0.173. The maximum atomic E-state index is 13.1. The van der Waals surface area contributed by atoms with Crippen LogP contribution in [0.5, 0.6) is 0 Å². The molecule has 1 aliphatic rings. The topological polar surface area (TPSA) is 227 Å². The minimum atomic E-state index is -4.81. The molecule has 0 radical (unpaired) electrons. The third kappa shape index (κ3) is 8.40. The highest BCUT2D eigenvalue weighted by molar-refractivity contribution is 7.50. The predicted octanol–water partition coefficient (Wildman–Crippen LogP) is 2.86. The van der Waals surface area contributed by atoms with E-state index in [0.717, 1.165) is 12.8 Å². The fourth-order valence-corrected chi connectivity index (χ4v) is 5.66. The number of rotatable bonds is 15. The molecule has 1 aliphatic heterocycles.